The van der Waals surface area contributed by atoms with Crippen LogP contribution >= 0.6 is 0 Å². The molecule has 2 atom stereocenters. The maximum atomic E-state index is 13.8. The molecule has 1 fully saturated rings. The summed E-state index contributed by atoms with van der Waals surface area (Å²) in [4.78, 5) is 11.9. The minimum absolute atomic E-state index is 0.0142. The summed E-state index contributed by atoms with van der Waals surface area (Å²) in [5.41, 5.74) is 3.50. The maximum absolute atomic E-state index is 13.8. The highest BCUT2D eigenvalue weighted by molar-refractivity contribution is 5.85. The summed E-state index contributed by atoms with van der Waals surface area (Å²) in [6.45, 7) is 8.12. The topological polar surface area (TPSA) is 77.0 Å². The van der Waals surface area contributed by atoms with E-state index in [1.807, 2.05) is 19.1 Å². The zero-order valence-electron chi connectivity index (χ0n) is 23.4. The molecular formula is C30H42F2N4O2. The highest BCUT2D eigenvalue weighted by Gasteiger charge is 2.37. The molecule has 0 radical (unpaired) electrons. The molecule has 1 aliphatic rings. The third kappa shape index (κ3) is 8.08. The average molecular weight is 529 g/mol. The minimum atomic E-state index is -0.982. The second-order valence-electron chi connectivity index (χ2n) is 11.7. The van der Waals surface area contributed by atoms with Crippen LogP contribution in [0.5, 0.6) is 0 Å². The number of carbonyl (C=O) groups is 1. The Bertz CT molecular complexity index is 1110. The number of carbonyl (C=O) groups excluding carboxylic acids is 1. The van der Waals surface area contributed by atoms with Gasteiger partial charge < -0.3 is 20.7 Å². The Labute approximate surface area is 225 Å². The summed E-state index contributed by atoms with van der Waals surface area (Å²) >= 11 is 0. The van der Waals surface area contributed by atoms with Gasteiger partial charge in [0.15, 0.2) is 0 Å². The number of hydrogen-bond acceptors (Lipinski definition) is 5. The molecule has 3 rings (SSSR count). The second kappa shape index (κ2) is 12.3. The van der Waals surface area contributed by atoms with Crippen LogP contribution in [0.25, 0.3) is 0 Å². The van der Waals surface area contributed by atoms with Gasteiger partial charge in [0.25, 0.3) is 0 Å². The molecule has 38 heavy (non-hydrogen) atoms. The lowest BCUT2D eigenvalue weighted by Gasteiger charge is -2.41. The smallest absolute Gasteiger partial charge is 0.217 e. The molecule has 8 heteroatoms. The van der Waals surface area contributed by atoms with E-state index in [-0.39, 0.29) is 29.8 Å². The Morgan fingerprint density at radius 1 is 1.11 bits per heavy atom. The molecule has 2 aromatic rings. The monoisotopic (exact) mass is 528 g/mol. The first-order chi connectivity index (χ1) is 17.8. The van der Waals surface area contributed by atoms with Crippen LogP contribution in [0.1, 0.15) is 70.1 Å². The molecule has 3 N–H and O–H groups in total. The first-order valence-corrected chi connectivity index (χ1v) is 13.3. The zero-order valence-corrected chi connectivity index (χ0v) is 23.4. The van der Waals surface area contributed by atoms with Gasteiger partial charge in [0.1, 0.15) is 11.6 Å². The third-order valence-electron chi connectivity index (χ3n) is 7.18. The molecule has 0 saturated heterocycles. The average Bonchev–Trinajstić information content (AvgIpc) is 2.81. The first-order valence-electron chi connectivity index (χ1n) is 13.3. The van der Waals surface area contributed by atoms with Crippen molar-refractivity contribution in [3.05, 3.63) is 70.8 Å². The Balaban J connectivity index is 1.86. The number of aliphatic hydroxyl groups is 1. The quantitative estimate of drug-likeness (QED) is 0.414. The zero-order chi connectivity index (χ0) is 28.1. The van der Waals surface area contributed by atoms with Gasteiger partial charge in [-0.25, -0.2) is 8.78 Å². The predicted octanol–water partition coefficient (Wildman–Crippen LogP) is 4.65. The number of aliphatic hydroxyl groups excluding tert-OH is 1. The highest BCUT2D eigenvalue weighted by Crippen LogP contribution is 2.38. The van der Waals surface area contributed by atoms with E-state index in [2.05, 4.69) is 60.8 Å². The predicted molar refractivity (Wildman–Crippen MR) is 148 cm³/mol. The van der Waals surface area contributed by atoms with Crippen LogP contribution in [-0.2, 0) is 22.2 Å². The lowest BCUT2D eigenvalue weighted by atomic mass is 9.74. The normalized spacial score (nSPS) is 19.6. The largest absolute Gasteiger partial charge is 0.390 e. The van der Waals surface area contributed by atoms with Gasteiger partial charge in [-0.2, -0.15) is 5.10 Å². The van der Waals surface area contributed by atoms with Gasteiger partial charge in [0.2, 0.25) is 5.91 Å². The summed E-state index contributed by atoms with van der Waals surface area (Å²) in [6.07, 6.45) is 2.37. The number of hydrazone groups is 1. The van der Waals surface area contributed by atoms with E-state index in [1.54, 1.807) is 0 Å². The van der Waals surface area contributed by atoms with Crippen LogP contribution in [0.15, 0.2) is 47.6 Å². The van der Waals surface area contributed by atoms with Crippen LogP contribution in [0, 0.1) is 11.6 Å². The molecule has 6 nitrogen and oxygen atoms in total. The van der Waals surface area contributed by atoms with E-state index in [9.17, 15) is 18.7 Å². The summed E-state index contributed by atoms with van der Waals surface area (Å²) < 4.78 is 27.6. The van der Waals surface area contributed by atoms with E-state index < -0.39 is 23.8 Å². The molecule has 0 bridgehead atoms. The summed E-state index contributed by atoms with van der Waals surface area (Å²) in [6, 6.07) is 11.1. The molecular weight excluding hydrogens is 486 g/mol. The van der Waals surface area contributed by atoms with E-state index in [0.29, 0.717) is 5.56 Å². The number of hydrogen-bond donors (Lipinski definition) is 3. The van der Waals surface area contributed by atoms with E-state index in [1.165, 1.54) is 24.6 Å². The number of rotatable bonds is 9. The Morgan fingerprint density at radius 2 is 1.74 bits per heavy atom. The van der Waals surface area contributed by atoms with E-state index in [4.69, 9.17) is 0 Å². The SMILES string of the molecule is CC(=O)NC(Cc1cc(F)cc(F)c1)C(O)CNC1(c2cccc(C(C)(C)C)c2)CCC(=NN(C)C)CC1. The lowest BCUT2D eigenvalue weighted by Crippen LogP contribution is -2.53. The Morgan fingerprint density at radius 3 is 2.29 bits per heavy atom. The fourth-order valence-corrected chi connectivity index (χ4v) is 5.17. The Hall–Kier alpha value is -2.84. The molecule has 0 aliphatic heterocycles. The first kappa shape index (κ1) is 29.7. The van der Waals surface area contributed by atoms with Crippen molar-refractivity contribution in [3.63, 3.8) is 0 Å². The van der Waals surface area contributed by atoms with Gasteiger partial charge in [0.05, 0.1) is 12.1 Å². The molecule has 1 aliphatic carbocycles. The van der Waals surface area contributed by atoms with Gasteiger partial charge in [0, 0.05) is 44.9 Å². The van der Waals surface area contributed by atoms with Gasteiger partial charge in [-0.15, -0.1) is 0 Å². The van der Waals surface area contributed by atoms with Gasteiger partial charge in [-0.1, -0.05) is 45.0 Å². The number of nitrogens with one attached hydrogen (secondary N) is 2. The highest BCUT2D eigenvalue weighted by atomic mass is 19.1. The fourth-order valence-electron chi connectivity index (χ4n) is 5.17. The van der Waals surface area contributed by atoms with Crippen molar-refractivity contribution in [2.75, 3.05) is 20.6 Å². The number of benzene rings is 2. The Kier molecular flexibility index (Phi) is 9.65. The number of halogens is 2. The molecule has 2 aromatic carbocycles. The van der Waals surface area contributed by atoms with Crippen molar-refractivity contribution in [1.82, 2.24) is 15.6 Å². The minimum Gasteiger partial charge on any atom is -0.390 e. The van der Waals surface area contributed by atoms with Crippen molar-refractivity contribution in [2.45, 2.75) is 82.9 Å². The fraction of sp³-hybridized carbons (Fsp3) is 0.533. The number of amides is 1. The van der Waals surface area contributed by atoms with Crippen LogP contribution in [0.4, 0.5) is 8.78 Å². The van der Waals surface area contributed by atoms with E-state index >= 15 is 0 Å². The second-order valence-corrected chi connectivity index (χ2v) is 11.7. The molecule has 0 aromatic heterocycles. The molecule has 208 valence electrons. The van der Waals surface area contributed by atoms with Gasteiger partial charge >= 0.3 is 0 Å². The van der Waals surface area contributed by atoms with Crippen LogP contribution < -0.4 is 10.6 Å². The molecule has 0 heterocycles. The van der Waals surface area contributed by atoms with Gasteiger partial charge in [-0.05, 0) is 66.3 Å². The van der Waals surface area contributed by atoms with Crippen molar-refractivity contribution in [1.29, 1.82) is 0 Å². The molecule has 2 unspecified atom stereocenters. The summed E-state index contributed by atoms with van der Waals surface area (Å²) in [5.74, 6) is -1.70. The van der Waals surface area contributed by atoms with E-state index in [0.717, 1.165) is 43.0 Å². The van der Waals surface area contributed by atoms with Crippen LogP contribution in [0.3, 0.4) is 0 Å². The van der Waals surface area contributed by atoms with Crippen LogP contribution in [-0.4, -0.2) is 54.5 Å². The maximum Gasteiger partial charge on any atom is 0.217 e. The standard InChI is InChI=1S/C30H42F2N4O2/c1-20(37)34-27(16-21-14-24(31)18-25(32)15-21)28(38)19-33-30(12-10-26(11-13-30)35-36(5)6)23-9-7-8-22(17-23)29(2,3)4/h7-9,14-15,17-18,27-28,33,38H,10-13,16,19H2,1-6H3,(H,34,37). The molecule has 1 amide bonds. The third-order valence-corrected chi connectivity index (χ3v) is 7.18. The lowest BCUT2D eigenvalue weighted by molar-refractivity contribution is -0.120. The van der Waals surface area contributed by atoms with Crippen molar-refractivity contribution in [2.24, 2.45) is 5.10 Å². The van der Waals surface area contributed by atoms with Crippen molar-refractivity contribution in [3.8, 4) is 0 Å². The molecule has 1 saturated carbocycles. The number of nitrogens with zero attached hydrogens (tertiary/aromatic N) is 2. The van der Waals surface area contributed by atoms with Crippen LogP contribution in [0.2, 0.25) is 0 Å². The summed E-state index contributed by atoms with van der Waals surface area (Å²) in [7, 11) is 3.84. The van der Waals surface area contributed by atoms with Crippen molar-refractivity contribution >= 4 is 11.6 Å². The summed E-state index contributed by atoms with van der Waals surface area (Å²) in [5, 5.41) is 24.1. The van der Waals surface area contributed by atoms with Gasteiger partial charge in [-0.3, -0.25) is 4.79 Å². The van der Waals surface area contributed by atoms with Crippen molar-refractivity contribution < 1.29 is 18.7 Å². The molecule has 0 spiro atoms.